The fraction of sp³-hybridized carbons (Fsp3) is 0.857. The molecule has 2 unspecified atom stereocenters. The van der Waals surface area contributed by atoms with Crippen molar-refractivity contribution in [3.63, 3.8) is 0 Å². The van der Waals surface area contributed by atoms with E-state index >= 15 is 0 Å². The third-order valence-corrected chi connectivity index (χ3v) is 3.47. The molecular formula is C14H25NO4. The Bertz CT molecular complexity index is 361. The van der Waals surface area contributed by atoms with Gasteiger partial charge in [0.2, 0.25) is 0 Å². The third-order valence-electron chi connectivity index (χ3n) is 3.47. The van der Waals surface area contributed by atoms with Crippen LogP contribution in [0.2, 0.25) is 0 Å². The first kappa shape index (κ1) is 15.8. The van der Waals surface area contributed by atoms with Crippen molar-refractivity contribution >= 4 is 12.1 Å². The summed E-state index contributed by atoms with van der Waals surface area (Å²) in [7, 11) is 1.38. The molecule has 19 heavy (non-hydrogen) atoms. The Morgan fingerprint density at radius 1 is 1.32 bits per heavy atom. The molecule has 0 bridgehead atoms. The van der Waals surface area contributed by atoms with Crippen molar-refractivity contribution in [2.45, 2.75) is 59.1 Å². The van der Waals surface area contributed by atoms with Crippen LogP contribution in [0.25, 0.3) is 0 Å². The second-order valence-electron chi connectivity index (χ2n) is 6.55. The summed E-state index contributed by atoms with van der Waals surface area (Å²) >= 11 is 0. The molecule has 0 saturated carbocycles. The molecule has 0 aromatic heterocycles. The van der Waals surface area contributed by atoms with Crippen LogP contribution in [0.4, 0.5) is 4.79 Å². The fourth-order valence-corrected chi connectivity index (χ4v) is 2.27. The molecule has 110 valence electrons. The van der Waals surface area contributed by atoms with E-state index in [0.29, 0.717) is 6.54 Å². The number of esters is 1. The van der Waals surface area contributed by atoms with Gasteiger partial charge in [0.1, 0.15) is 5.60 Å². The SMILES string of the molecule is COC(=O)C1(C)CCC(C)N(C(=O)OC(C)(C)C)C1. The van der Waals surface area contributed by atoms with E-state index in [9.17, 15) is 9.59 Å². The van der Waals surface area contributed by atoms with Crippen molar-refractivity contribution in [3.8, 4) is 0 Å². The van der Waals surface area contributed by atoms with Crippen molar-refractivity contribution in [1.29, 1.82) is 0 Å². The minimum atomic E-state index is -0.641. The Morgan fingerprint density at radius 2 is 1.89 bits per heavy atom. The molecule has 1 fully saturated rings. The molecule has 1 amide bonds. The molecule has 0 aliphatic carbocycles. The predicted octanol–water partition coefficient (Wildman–Crippen LogP) is 2.59. The number of piperidine rings is 1. The molecule has 5 nitrogen and oxygen atoms in total. The molecule has 5 heteroatoms. The minimum absolute atomic E-state index is 0.0765. The first-order valence-corrected chi connectivity index (χ1v) is 6.67. The lowest BCUT2D eigenvalue weighted by Gasteiger charge is -2.42. The van der Waals surface area contributed by atoms with Crippen LogP contribution in [0, 0.1) is 5.41 Å². The smallest absolute Gasteiger partial charge is 0.410 e. The molecule has 0 radical (unpaired) electrons. The maximum atomic E-state index is 12.2. The van der Waals surface area contributed by atoms with Gasteiger partial charge in [-0.1, -0.05) is 0 Å². The number of ether oxygens (including phenoxy) is 2. The average molecular weight is 271 g/mol. The van der Waals surface area contributed by atoms with Crippen LogP contribution < -0.4 is 0 Å². The summed E-state index contributed by atoms with van der Waals surface area (Å²) in [5.74, 6) is -0.270. The minimum Gasteiger partial charge on any atom is -0.469 e. The maximum Gasteiger partial charge on any atom is 0.410 e. The Morgan fingerprint density at radius 3 is 2.37 bits per heavy atom. The van der Waals surface area contributed by atoms with Crippen LogP contribution in [0.3, 0.4) is 0 Å². The van der Waals surface area contributed by atoms with Gasteiger partial charge in [-0.2, -0.15) is 0 Å². The summed E-state index contributed by atoms with van der Waals surface area (Å²) in [6.45, 7) is 9.65. The van der Waals surface area contributed by atoms with E-state index < -0.39 is 11.0 Å². The predicted molar refractivity (Wildman–Crippen MR) is 71.8 cm³/mol. The van der Waals surface area contributed by atoms with Crippen molar-refractivity contribution in [2.75, 3.05) is 13.7 Å². The van der Waals surface area contributed by atoms with Gasteiger partial charge < -0.3 is 14.4 Å². The normalized spacial score (nSPS) is 27.9. The molecule has 1 saturated heterocycles. The van der Waals surface area contributed by atoms with E-state index in [1.165, 1.54) is 7.11 Å². The molecule has 1 aliphatic heterocycles. The lowest BCUT2D eigenvalue weighted by atomic mass is 9.80. The Labute approximate surface area is 115 Å². The van der Waals surface area contributed by atoms with Gasteiger partial charge >= 0.3 is 12.1 Å². The first-order chi connectivity index (χ1) is 8.59. The Hall–Kier alpha value is -1.26. The van der Waals surface area contributed by atoms with Crippen LogP contribution in [0.5, 0.6) is 0 Å². The Kier molecular flexibility index (Phi) is 4.48. The molecule has 1 heterocycles. The van der Waals surface area contributed by atoms with Gasteiger partial charge in [0.05, 0.1) is 12.5 Å². The number of carbonyl (C=O) groups excluding carboxylic acids is 2. The number of likely N-dealkylation sites (tertiary alicyclic amines) is 1. The van der Waals surface area contributed by atoms with Gasteiger partial charge in [-0.15, -0.1) is 0 Å². The van der Waals surface area contributed by atoms with E-state index in [0.717, 1.165) is 12.8 Å². The van der Waals surface area contributed by atoms with Crippen LogP contribution in [0.15, 0.2) is 0 Å². The zero-order valence-corrected chi connectivity index (χ0v) is 12.8. The molecule has 0 spiro atoms. The van der Waals surface area contributed by atoms with Crippen molar-refractivity contribution < 1.29 is 19.1 Å². The van der Waals surface area contributed by atoms with Crippen molar-refractivity contribution in [3.05, 3.63) is 0 Å². The second kappa shape index (κ2) is 5.39. The summed E-state index contributed by atoms with van der Waals surface area (Å²) in [6.07, 6.45) is 1.13. The highest BCUT2D eigenvalue weighted by molar-refractivity contribution is 5.78. The number of nitrogens with zero attached hydrogens (tertiary/aromatic N) is 1. The quantitative estimate of drug-likeness (QED) is 0.688. The first-order valence-electron chi connectivity index (χ1n) is 6.67. The number of rotatable bonds is 1. The van der Waals surface area contributed by atoms with Gasteiger partial charge in [-0.05, 0) is 47.5 Å². The zero-order valence-electron chi connectivity index (χ0n) is 12.8. The van der Waals surface area contributed by atoms with E-state index in [1.54, 1.807) is 4.90 Å². The van der Waals surface area contributed by atoms with Gasteiger partial charge in [0, 0.05) is 12.6 Å². The fourth-order valence-electron chi connectivity index (χ4n) is 2.27. The van der Waals surface area contributed by atoms with Crippen LogP contribution in [-0.4, -0.2) is 42.3 Å². The van der Waals surface area contributed by atoms with E-state index in [1.807, 2.05) is 34.6 Å². The number of carbonyl (C=O) groups is 2. The van der Waals surface area contributed by atoms with Crippen LogP contribution in [0.1, 0.15) is 47.5 Å². The largest absolute Gasteiger partial charge is 0.469 e. The molecular weight excluding hydrogens is 246 g/mol. The van der Waals surface area contributed by atoms with Gasteiger partial charge in [0.25, 0.3) is 0 Å². The lowest BCUT2D eigenvalue weighted by Crippen LogP contribution is -2.53. The van der Waals surface area contributed by atoms with E-state index in [-0.39, 0.29) is 18.1 Å². The summed E-state index contributed by atoms with van der Waals surface area (Å²) in [4.78, 5) is 25.7. The topological polar surface area (TPSA) is 55.8 Å². The molecule has 1 aliphatic rings. The molecule has 0 aromatic carbocycles. The van der Waals surface area contributed by atoms with E-state index in [2.05, 4.69) is 0 Å². The summed E-state index contributed by atoms with van der Waals surface area (Å²) in [6, 6.07) is 0.0765. The highest BCUT2D eigenvalue weighted by atomic mass is 16.6. The summed E-state index contributed by atoms with van der Waals surface area (Å²) < 4.78 is 10.2. The van der Waals surface area contributed by atoms with E-state index in [4.69, 9.17) is 9.47 Å². The summed E-state index contributed by atoms with van der Waals surface area (Å²) in [5, 5.41) is 0. The molecule has 1 rings (SSSR count). The van der Waals surface area contributed by atoms with Gasteiger partial charge in [0.15, 0.2) is 0 Å². The van der Waals surface area contributed by atoms with Crippen molar-refractivity contribution in [2.24, 2.45) is 5.41 Å². The van der Waals surface area contributed by atoms with Crippen LogP contribution >= 0.6 is 0 Å². The monoisotopic (exact) mass is 271 g/mol. The molecule has 2 atom stereocenters. The number of amides is 1. The zero-order chi connectivity index (χ0) is 14.8. The van der Waals surface area contributed by atoms with Gasteiger partial charge in [-0.25, -0.2) is 4.79 Å². The van der Waals surface area contributed by atoms with Crippen molar-refractivity contribution in [1.82, 2.24) is 4.90 Å². The number of methoxy groups -OCH3 is 1. The highest BCUT2D eigenvalue weighted by Gasteiger charge is 2.43. The van der Waals surface area contributed by atoms with Gasteiger partial charge in [-0.3, -0.25) is 4.79 Å². The highest BCUT2D eigenvalue weighted by Crippen LogP contribution is 2.34. The van der Waals surface area contributed by atoms with Crippen LogP contribution in [-0.2, 0) is 14.3 Å². The third kappa shape index (κ3) is 3.85. The number of hydrogen-bond acceptors (Lipinski definition) is 4. The Balaban J connectivity index is 2.82. The summed E-state index contributed by atoms with van der Waals surface area (Å²) in [5.41, 5.74) is -1.17. The maximum absolute atomic E-state index is 12.2. The average Bonchev–Trinajstić information content (AvgIpc) is 2.29. The number of hydrogen-bond donors (Lipinski definition) is 0. The standard InChI is InChI=1S/C14H25NO4/c1-10-7-8-14(5,11(16)18-6)9-15(10)12(17)19-13(2,3)4/h10H,7-9H2,1-6H3. The lowest BCUT2D eigenvalue weighted by molar-refractivity contribution is -0.155. The molecule has 0 aromatic rings. The second-order valence-corrected chi connectivity index (χ2v) is 6.55. The molecule has 0 N–H and O–H groups in total.